The van der Waals surface area contributed by atoms with E-state index in [0.29, 0.717) is 34.7 Å². The minimum absolute atomic E-state index is 0.0706. The van der Waals surface area contributed by atoms with Gasteiger partial charge in [-0.15, -0.1) is 0 Å². The summed E-state index contributed by atoms with van der Waals surface area (Å²) in [4.78, 5) is 50.1. The van der Waals surface area contributed by atoms with E-state index in [-0.39, 0.29) is 5.69 Å². The van der Waals surface area contributed by atoms with E-state index < -0.39 is 23.1 Å². The topological polar surface area (TPSA) is 98.7 Å². The number of esters is 1. The van der Waals surface area contributed by atoms with Crippen molar-refractivity contribution < 1.29 is 23.9 Å². The molecule has 0 spiro atoms. The molecule has 35 heavy (non-hydrogen) atoms. The summed E-state index contributed by atoms with van der Waals surface area (Å²) in [6.45, 7) is 2.55. The first-order valence-electron chi connectivity index (χ1n) is 11.5. The fourth-order valence-electron chi connectivity index (χ4n) is 4.12. The molecule has 0 saturated heterocycles. The number of Topliss-reactive ketones (excluding diaryl/α,β-unsaturated/α-hetero) is 1. The van der Waals surface area contributed by atoms with Crippen molar-refractivity contribution in [1.82, 2.24) is 14.9 Å². The van der Waals surface area contributed by atoms with Crippen molar-refractivity contribution in [1.29, 1.82) is 0 Å². The van der Waals surface area contributed by atoms with Crippen molar-refractivity contribution in [3.05, 3.63) is 83.5 Å². The van der Waals surface area contributed by atoms with Crippen LogP contribution in [-0.2, 0) is 19.1 Å². The highest BCUT2D eigenvalue weighted by molar-refractivity contribution is 6.26. The summed E-state index contributed by atoms with van der Waals surface area (Å²) in [5, 5.41) is 0. The Bertz CT molecular complexity index is 1350. The highest BCUT2D eigenvalue weighted by Crippen LogP contribution is 2.37. The minimum atomic E-state index is -1.98. The average molecular weight is 472 g/mol. The molecule has 1 aromatic heterocycles. The molecule has 8 nitrogen and oxygen atoms in total. The predicted octanol–water partition coefficient (Wildman–Crippen LogP) is 3.32. The summed E-state index contributed by atoms with van der Waals surface area (Å²) in [6, 6.07) is 7.09. The molecule has 8 heteroatoms. The number of ketones is 2. The lowest BCUT2D eigenvalue weighted by molar-refractivity contribution is -0.145. The van der Waals surface area contributed by atoms with Crippen LogP contribution in [0.25, 0.3) is 11.0 Å². The van der Waals surface area contributed by atoms with Gasteiger partial charge in [0.15, 0.2) is 5.69 Å². The first kappa shape index (κ1) is 22.9. The van der Waals surface area contributed by atoms with Crippen LogP contribution in [0.5, 0.6) is 0 Å². The number of nitrogens with zero attached hydrogens (tertiary/aromatic N) is 3. The predicted molar refractivity (Wildman–Crippen MR) is 128 cm³/mol. The van der Waals surface area contributed by atoms with Crippen LogP contribution in [0.1, 0.15) is 30.3 Å². The molecule has 0 N–H and O–H groups in total. The van der Waals surface area contributed by atoms with Crippen LogP contribution in [0.3, 0.4) is 0 Å². The standard InChI is InChI=1S/C27H25N3O5/c1-27(35-26(33)23-14-28-21-7-3-4-8-22(21)29-23)24(31)13-18-12-19(6-5-11-34-2)30(15-17-9-10-17)16-20(18)25(27)32/h3-8,12-14,16-17H,9-11,15H2,1-2H3/b6-5+. The van der Waals surface area contributed by atoms with Crippen LogP contribution in [0, 0.1) is 5.92 Å². The Kier molecular flexibility index (Phi) is 5.90. The van der Waals surface area contributed by atoms with Gasteiger partial charge in [0, 0.05) is 31.1 Å². The lowest BCUT2D eigenvalue weighted by Crippen LogP contribution is -2.51. The van der Waals surface area contributed by atoms with Gasteiger partial charge < -0.3 is 14.4 Å². The molecular formula is C27H25N3O5. The second kappa shape index (κ2) is 9.03. The van der Waals surface area contributed by atoms with Crippen molar-refractivity contribution in [3.8, 4) is 0 Å². The van der Waals surface area contributed by atoms with E-state index in [9.17, 15) is 14.4 Å². The van der Waals surface area contributed by atoms with Gasteiger partial charge in [-0.25, -0.2) is 9.78 Å². The molecule has 0 amide bonds. The maximum absolute atomic E-state index is 13.5. The Hall–Kier alpha value is -3.91. The fourth-order valence-corrected chi connectivity index (χ4v) is 4.12. The van der Waals surface area contributed by atoms with Crippen LogP contribution in [0.15, 0.2) is 77.8 Å². The Labute approximate surface area is 202 Å². The van der Waals surface area contributed by atoms with Gasteiger partial charge in [-0.3, -0.25) is 14.6 Å². The maximum atomic E-state index is 13.5. The number of allylic oxidation sites excluding steroid dienone is 3. The maximum Gasteiger partial charge on any atom is 0.360 e. The lowest BCUT2D eigenvalue weighted by Gasteiger charge is -2.34. The van der Waals surface area contributed by atoms with Gasteiger partial charge in [0.05, 0.1) is 23.8 Å². The lowest BCUT2D eigenvalue weighted by atomic mass is 9.79. The number of fused-ring (bicyclic) bond motifs is 2. The summed E-state index contributed by atoms with van der Waals surface area (Å²) in [7, 11) is 1.62. The molecule has 0 bridgehead atoms. The van der Waals surface area contributed by atoms with Gasteiger partial charge in [0.1, 0.15) is 0 Å². The monoisotopic (exact) mass is 471 g/mol. The third-order valence-corrected chi connectivity index (χ3v) is 6.32. The van der Waals surface area contributed by atoms with Gasteiger partial charge >= 0.3 is 5.97 Å². The molecule has 2 aliphatic carbocycles. The van der Waals surface area contributed by atoms with Crippen LogP contribution >= 0.6 is 0 Å². The molecular weight excluding hydrogens is 446 g/mol. The number of hydrogen-bond acceptors (Lipinski definition) is 8. The largest absolute Gasteiger partial charge is 0.438 e. The Morgan fingerprint density at radius 3 is 2.71 bits per heavy atom. The fraction of sp³-hybridized carbons (Fsp3) is 0.296. The molecule has 1 saturated carbocycles. The summed E-state index contributed by atoms with van der Waals surface area (Å²) >= 11 is 0. The van der Waals surface area contributed by atoms with E-state index in [2.05, 4.69) is 9.97 Å². The zero-order valence-corrected chi connectivity index (χ0v) is 19.6. The molecule has 1 aliphatic heterocycles. The molecule has 2 heterocycles. The van der Waals surface area contributed by atoms with Gasteiger partial charge in [-0.1, -0.05) is 18.2 Å². The summed E-state index contributed by atoms with van der Waals surface area (Å²) in [5.74, 6) is -1.47. The smallest absolute Gasteiger partial charge is 0.360 e. The third-order valence-electron chi connectivity index (χ3n) is 6.32. The van der Waals surface area contributed by atoms with E-state index in [1.165, 1.54) is 19.2 Å². The second-order valence-electron chi connectivity index (χ2n) is 9.03. The van der Waals surface area contributed by atoms with E-state index in [1.807, 2.05) is 29.2 Å². The second-order valence-corrected chi connectivity index (χ2v) is 9.03. The Morgan fingerprint density at radius 2 is 1.97 bits per heavy atom. The number of ether oxygens (including phenoxy) is 2. The zero-order chi connectivity index (χ0) is 24.6. The summed E-state index contributed by atoms with van der Waals surface area (Å²) in [5.41, 5.74) is 0.799. The van der Waals surface area contributed by atoms with Crippen molar-refractivity contribution in [2.75, 3.05) is 20.3 Å². The summed E-state index contributed by atoms with van der Waals surface area (Å²) < 4.78 is 10.6. The number of para-hydroxylation sites is 2. The quantitative estimate of drug-likeness (QED) is 0.448. The first-order chi connectivity index (χ1) is 16.9. The first-order valence-corrected chi connectivity index (χ1v) is 11.5. The van der Waals surface area contributed by atoms with Gasteiger partial charge in [-0.2, -0.15) is 0 Å². The molecule has 2 aromatic rings. The van der Waals surface area contributed by atoms with Crippen LogP contribution in [-0.4, -0.2) is 58.3 Å². The average Bonchev–Trinajstić information content (AvgIpc) is 3.68. The molecule has 1 aromatic carbocycles. The number of methoxy groups -OCH3 is 1. The molecule has 1 unspecified atom stereocenters. The number of hydrogen-bond donors (Lipinski definition) is 0. The molecule has 3 aliphatic rings. The van der Waals surface area contributed by atoms with E-state index in [4.69, 9.17) is 9.47 Å². The van der Waals surface area contributed by atoms with E-state index in [1.54, 1.807) is 31.5 Å². The Balaban J connectivity index is 1.44. The third kappa shape index (κ3) is 4.44. The SMILES string of the molecule is COC/C=C/C1=CC2=CC(=O)C(C)(OC(=O)c3cnc4ccccc4n3)C(=O)C2=CN1CC1CC1. The summed E-state index contributed by atoms with van der Waals surface area (Å²) in [6.07, 6.45) is 12.3. The normalized spacial score (nSPS) is 22.1. The number of rotatable bonds is 7. The van der Waals surface area contributed by atoms with Gasteiger partial charge in [0.2, 0.25) is 17.2 Å². The van der Waals surface area contributed by atoms with Gasteiger partial charge in [0.25, 0.3) is 0 Å². The molecule has 178 valence electrons. The zero-order valence-electron chi connectivity index (χ0n) is 19.6. The molecule has 1 fully saturated rings. The van der Waals surface area contributed by atoms with Crippen molar-refractivity contribution in [3.63, 3.8) is 0 Å². The van der Waals surface area contributed by atoms with Crippen LogP contribution < -0.4 is 0 Å². The highest BCUT2D eigenvalue weighted by Gasteiger charge is 2.50. The van der Waals surface area contributed by atoms with Crippen molar-refractivity contribution in [2.24, 2.45) is 5.92 Å². The Morgan fingerprint density at radius 1 is 1.20 bits per heavy atom. The van der Waals surface area contributed by atoms with E-state index >= 15 is 0 Å². The number of carbonyl (C=O) groups is 3. The highest BCUT2D eigenvalue weighted by atomic mass is 16.6. The molecule has 5 rings (SSSR count). The number of aromatic nitrogens is 2. The number of benzene rings is 1. The van der Waals surface area contributed by atoms with Crippen molar-refractivity contribution in [2.45, 2.75) is 25.4 Å². The van der Waals surface area contributed by atoms with Crippen molar-refractivity contribution >= 4 is 28.6 Å². The van der Waals surface area contributed by atoms with E-state index in [0.717, 1.165) is 25.1 Å². The number of carbonyl (C=O) groups excluding carboxylic acids is 3. The van der Waals surface area contributed by atoms with Crippen LogP contribution in [0.4, 0.5) is 0 Å². The van der Waals surface area contributed by atoms with Gasteiger partial charge in [-0.05, 0) is 61.6 Å². The molecule has 1 atom stereocenters. The molecule has 0 radical (unpaired) electrons. The minimum Gasteiger partial charge on any atom is -0.438 e. The van der Waals surface area contributed by atoms with Crippen LogP contribution in [0.2, 0.25) is 0 Å².